The summed E-state index contributed by atoms with van der Waals surface area (Å²) in [5.41, 5.74) is 1.93. The molecule has 0 spiro atoms. The van der Waals surface area contributed by atoms with Gasteiger partial charge in [0.1, 0.15) is 23.6 Å². The van der Waals surface area contributed by atoms with Crippen LogP contribution in [0.25, 0.3) is 10.9 Å². The van der Waals surface area contributed by atoms with Gasteiger partial charge in [0, 0.05) is 17.1 Å². The number of hydrogen-bond donors (Lipinski definition) is 0. The van der Waals surface area contributed by atoms with E-state index in [1.807, 2.05) is 37.3 Å². The number of nitrogens with zero attached hydrogens (tertiary/aromatic N) is 2. The first kappa shape index (κ1) is 17.5. The first-order valence-electron chi connectivity index (χ1n) is 7.92. The summed E-state index contributed by atoms with van der Waals surface area (Å²) in [5, 5.41) is 12.2. The van der Waals surface area contributed by atoms with E-state index in [9.17, 15) is 10.1 Å². The monoisotopic (exact) mass is 354 g/mol. The molecule has 0 aliphatic rings. The Hall–Kier alpha value is -3.35. The zero-order chi connectivity index (χ0) is 18.7. The molecule has 7 heteroatoms. The lowest BCUT2D eigenvalue weighted by Crippen LogP contribution is -2.05. The molecule has 0 aliphatic carbocycles. The van der Waals surface area contributed by atoms with Gasteiger partial charge >= 0.3 is 5.69 Å². The standard InChI is InChI=1S/C19H18N2O5/c1-12-7-8-13-5-4-6-17(18(13)20-12)26-11-14-16(24-2)10-9-15(21(22)23)19(14)25-3/h4-10H,11H2,1-3H3. The van der Waals surface area contributed by atoms with E-state index in [-0.39, 0.29) is 18.0 Å². The SMILES string of the molecule is COc1ccc([N+](=O)[O-])c(OC)c1COc1cccc2ccc(C)nc12. The highest BCUT2D eigenvalue weighted by Crippen LogP contribution is 2.38. The maximum absolute atomic E-state index is 11.3. The van der Waals surface area contributed by atoms with Crippen LogP contribution in [0.4, 0.5) is 5.69 Å². The summed E-state index contributed by atoms with van der Waals surface area (Å²) in [6.07, 6.45) is 0. The lowest BCUT2D eigenvalue weighted by atomic mass is 10.1. The second-order valence-corrected chi connectivity index (χ2v) is 5.63. The van der Waals surface area contributed by atoms with Gasteiger partial charge in [-0.2, -0.15) is 0 Å². The highest BCUT2D eigenvalue weighted by molar-refractivity contribution is 5.84. The summed E-state index contributed by atoms with van der Waals surface area (Å²) < 4.78 is 16.5. The van der Waals surface area contributed by atoms with Gasteiger partial charge in [0.05, 0.1) is 24.7 Å². The van der Waals surface area contributed by atoms with Crippen molar-refractivity contribution in [2.75, 3.05) is 14.2 Å². The largest absolute Gasteiger partial charge is 0.496 e. The van der Waals surface area contributed by atoms with Gasteiger partial charge in [-0.15, -0.1) is 0 Å². The molecule has 0 unspecified atom stereocenters. The number of rotatable bonds is 6. The Morgan fingerprint density at radius 3 is 2.54 bits per heavy atom. The molecule has 1 aromatic heterocycles. The second kappa shape index (κ2) is 7.26. The number of aromatic nitrogens is 1. The van der Waals surface area contributed by atoms with Crippen LogP contribution in [0.2, 0.25) is 0 Å². The normalized spacial score (nSPS) is 10.6. The Balaban J connectivity index is 2.01. The first-order chi connectivity index (χ1) is 12.5. The summed E-state index contributed by atoms with van der Waals surface area (Å²) in [6, 6.07) is 12.4. The quantitative estimate of drug-likeness (QED) is 0.490. The molecule has 0 N–H and O–H groups in total. The summed E-state index contributed by atoms with van der Waals surface area (Å²) in [7, 11) is 2.88. The molecule has 2 aromatic carbocycles. The van der Waals surface area contributed by atoms with Crippen molar-refractivity contribution in [1.29, 1.82) is 0 Å². The number of methoxy groups -OCH3 is 2. The molecule has 3 rings (SSSR count). The summed E-state index contributed by atoms with van der Waals surface area (Å²) >= 11 is 0. The number of para-hydroxylation sites is 1. The molecular weight excluding hydrogens is 336 g/mol. The molecule has 0 bridgehead atoms. The maximum atomic E-state index is 11.3. The van der Waals surface area contributed by atoms with Gasteiger partial charge in [0.2, 0.25) is 5.75 Å². The molecule has 7 nitrogen and oxygen atoms in total. The van der Waals surface area contributed by atoms with E-state index in [4.69, 9.17) is 14.2 Å². The fourth-order valence-corrected chi connectivity index (χ4v) is 2.78. The van der Waals surface area contributed by atoms with E-state index in [0.29, 0.717) is 17.1 Å². The molecule has 0 amide bonds. The van der Waals surface area contributed by atoms with Crippen molar-refractivity contribution in [2.24, 2.45) is 0 Å². The Bertz CT molecular complexity index is 972. The van der Waals surface area contributed by atoms with Crippen molar-refractivity contribution in [1.82, 2.24) is 4.98 Å². The average molecular weight is 354 g/mol. The number of benzene rings is 2. The average Bonchev–Trinajstić information content (AvgIpc) is 2.65. The Morgan fingerprint density at radius 2 is 1.85 bits per heavy atom. The third-order valence-electron chi connectivity index (χ3n) is 4.01. The number of ether oxygens (including phenoxy) is 3. The highest BCUT2D eigenvalue weighted by atomic mass is 16.6. The molecule has 0 radical (unpaired) electrons. The van der Waals surface area contributed by atoms with Crippen molar-refractivity contribution in [3.63, 3.8) is 0 Å². The van der Waals surface area contributed by atoms with Gasteiger partial charge in [-0.3, -0.25) is 10.1 Å². The summed E-state index contributed by atoms with van der Waals surface area (Å²) in [4.78, 5) is 15.3. The van der Waals surface area contributed by atoms with Gasteiger partial charge in [-0.1, -0.05) is 18.2 Å². The molecular formula is C19H18N2O5. The lowest BCUT2D eigenvalue weighted by molar-refractivity contribution is -0.385. The van der Waals surface area contributed by atoms with Crippen LogP contribution in [-0.4, -0.2) is 24.1 Å². The Morgan fingerprint density at radius 1 is 1.04 bits per heavy atom. The maximum Gasteiger partial charge on any atom is 0.311 e. The zero-order valence-corrected chi connectivity index (χ0v) is 14.7. The van der Waals surface area contributed by atoms with Crippen LogP contribution in [-0.2, 0) is 6.61 Å². The van der Waals surface area contributed by atoms with E-state index >= 15 is 0 Å². The number of nitro benzene ring substituents is 1. The van der Waals surface area contributed by atoms with E-state index in [2.05, 4.69) is 4.98 Å². The predicted molar refractivity (Wildman–Crippen MR) is 97.0 cm³/mol. The highest BCUT2D eigenvalue weighted by Gasteiger charge is 2.23. The van der Waals surface area contributed by atoms with Crippen LogP contribution in [0.5, 0.6) is 17.2 Å². The van der Waals surface area contributed by atoms with Gasteiger partial charge in [-0.25, -0.2) is 4.98 Å². The molecule has 0 saturated heterocycles. The molecule has 0 fully saturated rings. The number of pyridine rings is 1. The minimum Gasteiger partial charge on any atom is -0.496 e. The number of fused-ring (bicyclic) bond motifs is 1. The Kier molecular flexibility index (Phi) is 4.88. The lowest BCUT2D eigenvalue weighted by Gasteiger charge is -2.15. The van der Waals surface area contributed by atoms with E-state index in [0.717, 1.165) is 16.6 Å². The minimum absolute atomic E-state index is 0.0444. The first-order valence-corrected chi connectivity index (χ1v) is 7.92. The van der Waals surface area contributed by atoms with E-state index in [1.165, 1.54) is 26.4 Å². The van der Waals surface area contributed by atoms with Crippen molar-refractivity contribution in [3.8, 4) is 17.2 Å². The fraction of sp³-hybridized carbons (Fsp3) is 0.211. The summed E-state index contributed by atoms with van der Waals surface area (Å²) in [6.45, 7) is 1.95. The predicted octanol–water partition coefficient (Wildman–Crippen LogP) is 4.05. The molecule has 3 aromatic rings. The zero-order valence-electron chi connectivity index (χ0n) is 14.7. The van der Waals surface area contributed by atoms with Crippen LogP contribution in [0, 0.1) is 17.0 Å². The number of nitro groups is 1. The van der Waals surface area contributed by atoms with Gasteiger partial charge < -0.3 is 14.2 Å². The van der Waals surface area contributed by atoms with Crippen molar-refractivity contribution in [3.05, 3.63) is 63.8 Å². The molecule has 134 valence electrons. The molecule has 0 atom stereocenters. The van der Waals surface area contributed by atoms with Crippen LogP contribution in [0.1, 0.15) is 11.3 Å². The number of aryl methyl sites for hydroxylation is 1. The molecule has 0 aliphatic heterocycles. The Labute approximate surface area is 150 Å². The van der Waals surface area contributed by atoms with Crippen LogP contribution in [0.15, 0.2) is 42.5 Å². The second-order valence-electron chi connectivity index (χ2n) is 5.63. The smallest absolute Gasteiger partial charge is 0.311 e. The molecule has 0 saturated carbocycles. The third-order valence-corrected chi connectivity index (χ3v) is 4.01. The van der Waals surface area contributed by atoms with Gasteiger partial charge in [0.25, 0.3) is 0 Å². The van der Waals surface area contributed by atoms with Crippen molar-refractivity contribution < 1.29 is 19.1 Å². The topological polar surface area (TPSA) is 83.7 Å². The molecule has 1 heterocycles. The van der Waals surface area contributed by atoms with Gasteiger partial charge in [-0.05, 0) is 25.1 Å². The summed E-state index contributed by atoms with van der Waals surface area (Å²) in [5.74, 6) is 1.16. The van der Waals surface area contributed by atoms with E-state index in [1.54, 1.807) is 0 Å². The fourth-order valence-electron chi connectivity index (χ4n) is 2.78. The van der Waals surface area contributed by atoms with Gasteiger partial charge in [0.15, 0.2) is 0 Å². The van der Waals surface area contributed by atoms with Crippen molar-refractivity contribution in [2.45, 2.75) is 13.5 Å². The molecule has 26 heavy (non-hydrogen) atoms. The number of hydrogen-bond acceptors (Lipinski definition) is 6. The van der Waals surface area contributed by atoms with Crippen LogP contribution < -0.4 is 14.2 Å². The van der Waals surface area contributed by atoms with E-state index < -0.39 is 4.92 Å². The van der Waals surface area contributed by atoms with Crippen LogP contribution in [0.3, 0.4) is 0 Å². The third kappa shape index (κ3) is 3.23. The van der Waals surface area contributed by atoms with Crippen molar-refractivity contribution >= 4 is 16.6 Å². The van der Waals surface area contributed by atoms with Crippen LogP contribution >= 0.6 is 0 Å². The minimum atomic E-state index is -0.495.